The predicted molar refractivity (Wildman–Crippen MR) is 125 cm³/mol. The van der Waals surface area contributed by atoms with Crippen LogP contribution in [0.5, 0.6) is 5.75 Å². The van der Waals surface area contributed by atoms with Gasteiger partial charge in [0.05, 0.1) is 6.54 Å². The maximum Gasteiger partial charge on any atom is 0.340 e. The van der Waals surface area contributed by atoms with Crippen molar-refractivity contribution in [1.29, 1.82) is 0 Å². The van der Waals surface area contributed by atoms with Gasteiger partial charge in [-0.2, -0.15) is 0 Å². The molecule has 3 aromatic rings. The Kier molecular flexibility index (Phi) is 7.68. The fourth-order valence-corrected chi connectivity index (χ4v) is 3.49. The molecule has 1 heterocycles. The molecule has 0 radical (unpaired) electrons. The average molecular weight is 466 g/mol. The molecule has 0 aliphatic heterocycles. The molecular weight excluding hydrogens is 440 g/mol. The summed E-state index contributed by atoms with van der Waals surface area (Å²) < 4.78 is 11.4. The molecule has 1 aromatic heterocycles. The van der Waals surface area contributed by atoms with Crippen LogP contribution >= 0.6 is 0 Å². The molecule has 0 aliphatic carbocycles. The first kappa shape index (κ1) is 24.5. The number of amides is 2. The summed E-state index contributed by atoms with van der Waals surface area (Å²) in [6.45, 7) is 4.21. The van der Waals surface area contributed by atoms with Gasteiger partial charge in [-0.3, -0.25) is 14.4 Å². The second-order valence-electron chi connectivity index (χ2n) is 7.87. The van der Waals surface area contributed by atoms with E-state index < -0.39 is 36.1 Å². The summed E-state index contributed by atoms with van der Waals surface area (Å²) in [6.07, 6.45) is -0.493. The number of fused-ring (bicyclic) bond motifs is 1. The van der Waals surface area contributed by atoms with E-state index in [9.17, 15) is 19.2 Å². The summed E-state index contributed by atoms with van der Waals surface area (Å²) in [5.41, 5.74) is 2.95. The number of carboxylic acids is 1. The Morgan fingerprint density at radius 3 is 2.38 bits per heavy atom. The third kappa shape index (κ3) is 5.80. The van der Waals surface area contributed by atoms with Gasteiger partial charge in [0, 0.05) is 22.9 Å². The molecule has 9 nitrogen and oxygen atoms in total. The highest BCUT2D eigenvalue weighted by molar-refractivity contribution is 5.89. The number of carbonyl (C=O) groups is 3. The van der Waals surface area contributed by atoms with Crippen LogP contribution in [0.2, 0.25) is 0 Å². The quantitative estimate of drug-likeness (QED) is 0.411. The minimum absolute atomic E-state index is 0.365. The molecule has 2 aromatic carbocycles. The number of nitrogens with one attached hydrogen (secondary N) is 2. The highest BCUT2D eigenvalue weighted by Crippen LogP contribution is 2.30. The highest BCUT2D eigenvalue weighted by atomic mass is 16.5. The van der Waals surface area contributed by atoms with Crippen LogP contribution in [0, 0.1) is 13.8 Å². The van der Waals surface area contributed by atoms with Crippen LogP contribution in [0.25, 0.3) is 11.0 Å². The van der Waals surface area contributed by atoms with E-state index in [0.717, 1.165) is 16.5 Å². The Hall–Kier alpha value is -4.14. The average Bonchev–Trinajstić information content (AvgIpc) is 2.81. The third-order valence-electron chi connectivity index (χ3n) is 5.41. The Bertz CT molecular complexity index is 1280. The third-order valence-corrected chi connectivity index (χ3v) is 5.41. The van der Waals surface area contributed by atoms with Crippen LogP contribution in [0.15, 0.2) is 51.7 Å². The molecule has 0 saturated carbocycles. The van der Waals surface area contributed by atoms with Crippen molar-refractivity contribution in [3.63, 3.8) is 0 Å². The second kappa shape index (κ2) is 10.7. The maximum absolute atomic E-state index is 12.8. The van der Waals surface area contributed by atoms with E-state index in [4.69, 9.17) is 14.3 Å². The van der Waals surface area contributed by atoms with E-state index in [1.54, 1.807) is 19.1 Å². The molecule has 178 valence electrons. The molecule has 0 spiro atoms. The first-order valence-electron chi connectivity index (χ1n) is 10.7. The monoisotopic (exact) mass is 466 g/mol. The van der Waals surface area contributed by atoms with Gasteiger partial charge in [0.25, 0.3) is 5.91 Å². The molecule has 3 N–H and O–H groups in total. The largest absolute Gasteiger partial charge is 0.480 e. The summed E-state index contributed by atoms with van der Waals surface area (Å²) in [4.78, 5) is 47.1. The Morgan fingerprint density at radius 2 is 1.71 bits per heavy atom. The van der Waals surface area contributed by atoms with Crippen molar-refractivity contribution in [2.75, 3.05) is 13.1 Å². The van der Waals surface area contributed by atoms with Crippen molar-refractivity contribution in [3.05, 3.63) is 75.1 Å². The number of aryl methyl sites for hydroxylation is 2. The SMILES string of the molecule is Cc1c(Cc2ccccc2)c(=O)oc2c(C)c(O[C@H](C)C(=O)NCC(=O)NCC(=O)O)ccc12. The lowest BCUT2D eigenvalue weighted by molar-refractivity contribution is -0.137. The van der Waals surface area contributed by atoms with Crippen LogP contribution in [-0.4, -0.2) is 42.1 Å². The van der Waals surface area contributed by atoms with Crippen LogP contribution < -0.4 is 21.0 Å². The number of ether oxygens (including phenoxy) is 1. The summed E-state index contributed by atoms with van der Waals surface area (Å²) in [5, 5.41) is 13.9. The summed E-state index contributed by atoms with van der Waals surface area (Å²) in [5.74, 6) is -2.00. The smallest absolute Gasteiger partial charge is 0.340 e. The molecular formula is C25H26N2O7. The van der Waals surface area contributed by atoms with Gasteiger partial charge in [-0.05, 0) is 44.0 Å². The van der Waals surface area contributed by atoms with Crippen LogP contribution in [-0.2, 0) is 20.8 Å². The van der Waals surface area contributed by atoms with E-state index in [1.165, 1.54) is 6.92 Å². The normalized spacial score (nSPS) is 11.6. The molecule has 34 heavy (non-hydrogen) atoms. The molecule has 2 amide bonds. The van der Waals surface area contributed by atoms with Crippen molar-refractivity contribution in [2.24, 2.45) is 0 Å². The molecule has 0 aliphatic rings. The molecule has 0 saturated heterocycles. The molecule has 1 atom stereocenters. The predicted octanol–water partition coefficient (Wildman–Crippen LogP) is 2.08. The molecule has 3 rings (SSSR count). The summed E-state index contributed by atoms with van der Waals surface area (Å²) in [6, 6.07) is 13.1. The van der Waals surface area contributed by atoms with Crippen LogP contribution in [0.4, 0.5) is 0 Å². The Morgan fingerprint density at radius 1 is 1.00 bits per heavy atom. The van der Waals surface area contributed by atoms with Crippen molar-refractivity contribution >= 4 is 28.8 Å². The number of rotatable bonds is 9. The lowest BCUT2D eigenvalue weighted by Crippen LogP contribution is -2.43. The van der Waals surface area contributed by atoms with Crippen molar-refractivity contribution in [1.82, 2.24) is 10.6 Å². The van der Waals surface area contributed by atoms with E-state index in [-0.39, 0.29) is 6.54 Å². The number of hydrogen-bond donors (Lipinski definition) is 3. The maximum atomic E-state index is 12.8. The van der Waals surface area contributed by atoms with E-state index >= 15 is 0 Å². The zero-order chi connectivity index (χ0) is 24.8. The van der Waals surface area contributed by atoms with E-state index in [1.807, 2.05) is 37.3 Å². The van der Waals surface area contributed by atoms with Gasteiger partial charge in [-0.1, -0.05) is 30.3 Å². The molecule has 9 heteroatoms. The first-order valence-corrected chi connectivity index (χ1v) is 10.7. The van der Waals surface area contributed by atoms with Gasteiger partial charge in [0.15, 0.2) is 6.10 Å². The van der Waals surface area contributed by atoms with Crippen LogP contribution in [0.1, 0.15) is 29.2 Å². The lowest BCUT2D eigenvalue weighted by atomic mass is 9.98. The first-order chi connectivity index (χ1) is 16.2. The van der Waals surface area contributed by atoms with E-state index in [0.29, 0.717) is 28.9 Å². The van der Waals surface area contributed by atoms with Gasteiger partial charge >= 0.3 is 11.6 Å². The van der Waals surface area contributed by atoms with Gasteiger partial charge in [-0.25, -0.2) is 4.79 Å². The second-order valence-corrected chi connectivity index (χ2v) is 7.87. The summed E-state index contributed by atoms with van der Waals surface area (Å²) >= 11 is 0. The number of benzene rings is 2. The van der Waals surface area contributed by atoms with Crippen LogP contribution in [0.3, 0.4) is 0 Å². The molecule has 0 fully saturated rings. The standard InChI is InChI=1S/C25H26N2O7/c1-14-18-9-10-20(33-16(3)24(31)27-12-21(28)26-13-22(29)30)15(2)23(18)34-25(32)19(14)11-17-7-5-4-6-8-17/h4-10,16H,11-13H2,1-3H3,(H,26,28)(H,27,31)(H,29,30)/t16-/m1/s1. The Labute approximate surface area is 195 Å². The van der Waals surface area contributed by atoms with Gasteiger partial charge in [0.1, 0.15) is 17.9 Å². The highest BCUT2D eigenvalue weighted by Gasteiger charge is 2.20. The number of carboxylic acid groups (broad SMARTS) is 1. The minimum atomic E-state index is -1.18. The minimum Gasteiger partial charge on any atom is -0.480 e. The van der Waals surface area contributed by atoms with Gasteiger partial charge in [0.2, 0.25) is 5.91 Å². The van der Waals surface area contributed by atoms with Gasteiger partial charge < -0.3 is 24.9 Å². The zero-order valence-electron chi connectivity index (χ0n) is 19.1. The fourth-order valence-electron chi connectivity index (χ4n) is 3.49. The number of carbonyl (C=O) groups excluding carboxylic acids is 2. The summed E-state index contributed by atoms with van der Waals surface area (Å²) in [7, 11) is 0. The molecule has 0 unspecified atom stereocenters. The van der Waals surface area contributed by atoms with Crippen molar-refractivity contribution in [2.45, 2.75) is 33.3 Å². The molecule has 0 bridgehead atoms. The van der Waals surface area contributed by atoms with E-state index in [2.05, 4.69) is 10.6 Å². The fraction of sp³-hybridized carbons (Fsp3) is 0.280. The number of aliphatic carboxylic acids is 1. The zero-order valence-corrected chi connectivity index (χ0v) is 19.1. The topological polar surface area (TPSA) is 135 Å². The van der Waals surface area contributed by atoms with Crippen molar-refractivity contribution in [3.8, 4) is 5.75 Å². The lowest BCUT2D eigenvalue weighted by Gasteiger charge is -2.17. The number of hydrogen-bond acceptors (Lipinski definition) is 6. The Balaban J connectivity index is 1.75. The van der Waals surface area contributed by atoms with Gasteiger partial charge in [-0.15, -0.1) is 0 Å². The van der Waals surface area contributed by atoms with Crippen molar-refractivity contribution < 1.29 is 28.6 Å².